The fourth-order valence-electron chi connectivity index (χ4n) is 1.53. The van der Waals surface area contributed by atoms with Crippen LogP contribution in [0.3, 0.4) is 0 Å². The number of rotatable bonds is 0. The molecule has 0 saturated carbocycles. The fraction of sp³-hybridized carbons (Fsp3) is 0. The lowest BCUT2D eigenvalue weighted by Crippen LogP contribution is -1.88. The number of hydrogen-bond donors (Lipinski definition) is 0. The molecule has 0 fully saturated rings. The Hall–Kier alpha value is -2.10. The molecule has 1 aromatic carbocycles. The molecule has 0 bridgehead atoms. The summed E-state index contributed by atoms with van der Waals surface area (Å²) in [6, 6.07) is 7.84. The smallest absolute Gasteiger partial charge is 0.0985 e. The van der Waals surface area contributed by atoms with Crippen LogP contribution in [0.25, 0.3) is 21.8 Å². The van der Waals surface area contributed by atoms with Gasteiger partial charge in [-0.1, -0.05) is 12.1 Å². The van der Waals surface area contributed by atoms with Crippen molar-refractivity contribution in [3.8, 4) is 0 Å². The van der Waals surface area contributed by atoms with Gasteiger partial charge in [-0.15, -0.1) is 10.2 Å². The maximum Gasteiger partial charge on any atom is 0.0985 e. The monoisotopic (exact) mass is 182 g/mol. The van der Waals surface area contributed by atoms with Gasteiger partial charge in [0.05, 0.1) is 17.2 Å². The molecule has 0 unspecified atom stereocenters. The summed E-state index contributed by atoms with van der Waals surface area (Å²) in [5.41, 5.74) is 1.75. The molecule has 14 heavy (non-hydrogen) atoms. The number of benzene rings is 1. The van der Waals surface area contributed by atoms with Crippen molar-refractivity contribution in [3.63, 3.8) is 0 Å². The highest BCUT2D eigenvalue weighted by molar-refractivity contribution is 6.02. The summed E-state index contributed by atoms with van der Waals surface area (Å²) in [5, 5.41) is 13.3. The third-order valence-electron chi connectivity index (χ3n) is 2.18. The van der Waals surface area contributed by atoms with E-state index in [9.17, 15) is 0 Å². The topological polar surface area (TPSA) is 51.6 Å². The molecule has 0 radical (unpaired) electrons. The second kappa shape index (κ2) is 2.70. The molecule has 0 aliphatic heterocycles. The molecule has 0 aliphatic carbocycles. The van der Waals surface area contributed by atoms with Crippen LogP contribution < -0.4 is 0 Å². The van der Waals surface area contributed by atoms with E-state index in [1.165, 1.54) is 0 Å². The van der Waals surface area contributed by atoms with Crippen LogP contribution in [0.5, 0.6) is 0 Å². The Morgan fingerprint density at radius 2 is 2.07 bits per heavy atom. The van der Waals surface area contributed by atoms with E-state index in [2.05, 4.69) is 20.4 Å². The lowest BCUT2D eigenvalue weighted by molar-refractivity contribution is 0.896. The van der Waals surface area contributed by atoms with E-state index in [0.717, 1.165) is 21.8 Å². The first-order chi connectivity index (χ1) is 6.95. The molecule has 0 spiro atoms. The Kier molecular flexibility index (Phi) is 1.41. The predicted octanol–water partition coefficient (Wildman–Crippen LogP) is 1.57. The third kappa shape index (κ3) is 0.939. The van der Waals surface area contributed by atoms with Crippen molar-refractivity contribution < 1.29 is 0 Å². The first kappa shape index (κ1) is 7.32. The Morgan fingerprint density at radius 3 is 3.07 bits per heavy atom. The molecule has 3 aromatic rings. The molecule has 0 atom stereocenters. The minimum Gasteiger partial charge on any atom is -0.255 e. The largest absolute Gasteiger partial charge is 0.255 e. The predicted molar refractivity (Wildman–Crippen MR) is 52.6 cm³/mol. The zero-order chi connectivity index (χ0) is 9.38. The van der Waals surface area contributed by atoms with Crippen LogP contribution in [0.15, 0.2) is 36.7 Å². The SMILES string of the molecule is c1cnc2c(c1)ccc1nnncc12. The van der Waals surface area contributed by atoms with Crippen LogP contribution in [0.1, 0.15) is 0 Å². The Bertz CT molecular complexity index is 551. The van der Waals surface area contributed by atoms with Gasteiger partial charge in [-0.2, -0.15) is 0 Å². The minimum absolute atomic E-state index is 0.825. The molecule has 66 valence electrons. The quantitative estimate of drug-likeness (QED) is 0.495. The van der Waals surface area contributed by atoms with Crippen molar-refractivity contribution in [2.45, 2.75) is 0 Å². The zero-order valence-electron chi connectivity index (χ0n) is 7.25. The maximum absolute atomic E-state index is 4.30. The molecule has 3 rings (SSSR count). The van der Waals surface area contributed by atoms with E-state index in [1.807, 2.05) is 24.3 Å². The lowest BCUT2D eigenvalue weighted by Gasteiger charge is -1.99. The summed E-state index contributed by atoms with van der Waals surface area (Å²) in [4.78, 5) is 4.30. The van der Waals surface area contributed by atoms with Crippen LogP contribution >= 0.6 is 0 Å². The normalized spacial score (nSPS) is 10.9. The molecule has 4 heteroatoms. The Balaban J connectivity index is 2.61. The van der Waals surface area contributed by atoms with Gasteiger partial charge in [0.15, 0.2) is 0 Å². The fourth-order valence-corrected chi connectivity index (χ4v) is 1.53. The Morgan fingerprint density at radius 1 is 1.07 bits per heavy atom. The molecule has 0 saturated heterocycles. The summed E-state index contributed by atoms with van der Waals surface area (Å²) in [6.07, 6.45) is 3.46. The second-order valence-corrected chi connectivity index (χ2v) is 3.01. The average molecular weight is 182 g/mol. The van der Waals surface area contributed by atoms with Gasteiger partial charge < -0.3 is 0 Å². The van der Waals surface area contributed by atoms with Gasteiger partial charge in [0.2, 0.25) is 0 Å². The minimum atomic E-state index is 0.825. The maximum atomic E-state index is 4.30. The second-order valence-electron chi connectivity index (χ2n) is 3.01. The van der Waals surface area contributed by atoms with Crippen molar-refractivity contribution in [3.05, 3.63) is 36.7 Å². The van der Waals surface area contributed by atoms with Crippen LogP contribution in [0.4, 0.5) is 0 Å². The van der Waals surface area contributed by atoms with E-state index in [-0.39, 0.29) is 0 Å². The standard InChI is InChI=1S/C10H6N4/c1-2-7-3-4-9-8(6-12-14-13-9)10(7)11-5-1/h1-6H. The molecular formula is C10H6N4. The number of fused-ring (bicyclic) bond motifs is 3. The van der Waals surface area contributed by atoms with Gasteiger partial charge in [0.25, 0.3) is 0 Å². The van der Waals surface area contributed by atoms with Crippen LogP contribution in [0, 0.1) is 0 Å². The third-order valence-corrected chi connectivity index (χ3v) is 2.18. The molecule has 4 nitrogen and oxygen atoms in total. The van der Waals surface area contributed by atoms with Crippen molar-refractivity contribution in [2.75, 3.05) is 0 Å². The van der Waals surface area contributed by atoms with Gasteiger partial charge in [0.1, 0.15) is 0 Å². The Labute approximate surface area is 79.6 Å². The highest BCUT2D eigenvalue weighted by Gasteiger charge is 2.01. The molecule has 2 heterocycles. The number of hydrogen-bond acceptors (Lipinski definition) is 4. The average Bonchev–Trinajstić information content (AvgIpc) is 2.29. The van der Waals surface area contributed by atoms with Crippen LogP contribution in [-0.2, 0) is 0 Å². The summed E-state index contributed by atoms with van der Waals surface area (Å²) in [5.74, 6) is 0. The number of aromatic nitrogens is 4. The highest BCUT2D eigenvalue weighted by atomic mass is 15.3. The van der Waals surface area contributed by atoms with Gasteiger partial charge in [0, 0.05) is 17.0 Å². The molecule has 2 aromatic heterocycles. The zero-order valence-corrected chi connectivity index (χ0v) is 7.25. The molecule has 0 aliphatic rings. The van der Waals surface area contributed by atoms with E-state index in [4.69, 9.17) is 0 Å². The van der Waals surface area contributed by atoms with Crippen molar-refractivity contribution >= 4 is 21.8 Å². The summed E-state index contributed by atoms with van der Waals surface area (Å²) >= 11 is 0. The van der Waals surface area contributed by atoms with Gasteiger partial charge in [-0.3, -0.25) is 4.98 Å². The summed E-state index contributed by atoms with van der Waals surface area (Å²) in [6.45, 7) is 0. The van der Waals surface area contributed by atoms with Crippen molar-refractivity contribution in [1.29, 1.82) is 0 Å². The van der Waals surface area contributed by atoms with Crippen LogP contribution in [-0.4, -0.2) is 20.4 Å². The van der Waals surface area contributed by atoms with E-state index < -0.39 is 0 Å². The van der Waals surface area contributed by atoms with Crippen molar-refractivity contribution in [2.24, 2.45) is 0 Å². The molecule has 0 amide bonds. The van der Waals surface area contributed by atoms with Gasteiger partial charge >= 0.3 is 0 Å². The van der Waals surface area contributed by atoms with Gasteiger partial charge in [-0.25, -0.2) is 0 Å². The first-order valence-corrected chi connectivity index (χ1v) is 4.27. The van der Waals surface area contributed by atoms with Crippen molar-refractivity contribution in [1.82, 2.24) is 20.4 Å². The summed E-state index contributed by atoms with van der Waals surface area (Å²) in [7, 11) is 0. The molecule has 0 N–H and O–H groups in total. The first-order valence-electron chi connectivity index (χ1n) is 4.27. The van der Waals surface area contributed by atoms with E-state index in [0.29, 0.717) is 0 Å². The lowest BCUT2D eigenvalue weighted by atomic mass is 10.1. The summed E-state index contributed by atoms with van der Waals surface area (Å²) < 4.78 is 0. The molecular weight excluding hydrogens is 176 g/mol. The van der Waals surface area contributed by atoms with E-state index >= 15 is 0 Å². The number of nitrogens with zero attached hydrogens (tertiary/aromatic N) is 4. The number of pyridine rings is 1. The van der Waals surface area contributed by atoms with Gasteiger partial charge in [-0.05, 0) is 17.3 Å². The highest BCUT2D eigenvalue weighted by Crippen LogP contribution is 2.19. The van der Waals surface area contributed by atoms with E-state index in [1.54, 1.807) is 12.4 Å². The van der Waals surface area contributed by atoms with Crippen LogP contribution in [0.2, 0.25) is 0 Å².